The largest absolute Gasteiger partial charge is 0.298 e. The van der Waals surface area contributed by atoms with Crippen LogP contribution in [-0.2, 0) is 0 Å². The van der Waals surface area contributed by atoms with Crippen LogP contribution in [0.1, 0.15) is 45.2 Å². The highest BCUT2D eigenvalue weighted by Crippen LogP contribution is 2.34. The Bertz CT molecular complexity index is 401. The first-order valence-electron chi connectivity index (χ1n) is 7.68. The molecule has 2 aliphatic heterocycles. The van der Waals surface area contributed by atoms with Gasteiger partial charge in [-0.1, -0.05) is 13.8 Å². The van der Waals surface area contributed by atoms with Gasteiger partial charge in [0.1, 0.15) is 0 Å². The molecule has 0 spiro atoms. The summed E-state index contributed by atoms with van der Waals surface area (Å²) in [5.74, 6) is 0.739. The second-order valence-electron chi connectivity index (χ2n) is 6.53. The van der Waals surface area contributed by atoms with Crippen molar-refractivity contribution in [2.24, 2.45) is 5.92 Å². The van der Waals surface area contributed by atoms with Crippen molar-refractivity contribution in [1.82, 2.24) is 9.80 Å². The number of thiophene rings is 1. The molecule has 19 heavy (non-hydrogen) atoms. The van der Waals surface area contributed by atoms with E-state index in [0.717, 1.165) is 12.0 Å². The van der Waals surface area contributed by atoms with Crippen molar-refractivity contribution < 1.29 is 0 Å². The van der Waals surface area contributed by atoms with Gasteiger partial charge in [0, 0.05) is 31.2 Å². The van der Waals surface area contributed by atoms with Crippen molar-refractivity contribution >= 4 is 11.3 Å². The Morgan fingerprint density at radius 3 is 2.79 bits per heavy atom. The first kappa shape index (κ1) is 13.6. The van der Waals surface area contributed by atoms with Crippen LogP contribution in [0.15, 0.2) is 16.8 Å². The molecule has 3 heteroatoms. The molecule has 106 valence electrons. The summed E-state index contributed by atoms with van der Waals surface area (Å²) in [6, 6.07) is 4.40. The minimum Gasteiger partial charge on any atom is -0.298 e. The van der Waals surface area contributed by atoms with E-state index in [1.54, 1.807) is 0 Å². The van der Waals surface area contributed by atoms with Gasteiger partial charge in [-0.05, 0) is 54.6 Å². The number of fused-ring (bicyclic) bond motifs is 1. The number of rotatable bonds is 3. The molecule has 3 heterocycles. The second-order valence-corrected chi connectivity index (χ2v) is 7.31. The normalized spacial score (nSPS) is 30.7. The maximum absolute atomic E-state index is 2.78. The number of hydrogen-bond donors (Lipinski definition) is 0. The molecule has 2 aliphatic rings. The molecule has 0 amide bonds. The molecule has 2 fully saturated rings. The predicted molar refractivity (Wildman–Crippen MR) is 82.7 cm³/mol. The summed E-state index contributed by atoms with van der Waals surface area (Å²) in [4.78, 5) is 5.51. The van der Waals surface area contributed by atoms with E-state index in [-0.39, 0.29) is 0 Å². The minimum atomic E-state index is 0.571. The molecule has 3 unspecified atom stereocenters. The Balaban J connectivity index is 1.80. The van der Waals surface area contributed by atoms with Gasteiger partial charge in [0.15, 0.2) is 0 Å². The molecule has 1 aromatic rings. The molecule has 0 N–H and O–H groups in total. The van der Waals surface area contributed by atoms with E-state index in [9.17, 15) is 0 Å². The molecule has 0 aliphatic carbocycles. The van der Waals surface area contributed by atoms with E-state index in [0.29, 0.717) is 12.1 Å². The third-order valence-corrected chi connectivity index (χ3v) is 5.76. The van der Waals surface area contributed by atoms with Gasteiger partial charge in [-0.3, -0.25) is 9.80 Å². The third kappa shape index (κ3) is 2.61. The Labute approximate surface area is 121 Å². The summed E-state index contributed by atoms with van der Waals surface area (Å²) in [5, 5.41) is 4.53. The summed E-state index contributed by atoms with van der Waals surface area (Å²) >= 11 is 1.82. The Hall–Kier alpha value is -0.380. The molecule has 0 aromatic carbocycles. The van der Waals surface area contributed by atoms with Crippen molar-refractivity contribution in [2.45, 2.75) is 51.7 Å². The van der Waals surface area contributed by atoms with E-state index in [2.05, 4.69) is 47.4 Å². The van der Waals surface area contributed by atoms with Crippen LogP contribution in [0.2, 0.25) is 0 Å². The van der Waals surface area contributed by atoms with Crippen molar-refractivity contribution in [1.29, 1.82) is 0 Å². The zero-order chi connectivity index (χ0) is 13.4. The van der Waals surface area contributed by atoms with Gasteiger partial charge >= 0.3 is 0 Å². The molecule has 2 saturated heterocycles. The topological polar surface area (TPSA) is 6.48 Å². The quantitative estimate of drug-likeness (QED) is 0.833. The van der Waals surface area contributed by atoms with Crippen LogP contribution in [0.4, 0.5) is 0 Å². The third-order valence-electron chi connectivity index (χ3n) is 5.06. The Kier molecular flexibility index (Phi) is 3.97. The van der Waals surface area contributed by atoms with Gasteiger partial charge in [0.2, 0.25) is 0 Å². The van der Waals surface area contributed by atoms with E-state index in [4.69, 9.17) is 0 Å². The van der Waals surface area contributed by atoms with Crippen LogP contribution < -0.4 is 0 Å². The van der Waals surface area contributed by atoms with Crippen LogP contribution in [0.3, 0.4) is 0 Å². The first-order chi connectivity index (χ1) is 9.16. The fourth-order valence-corrected chi connectivity index (χ4v) is 4.56. The number of piperazine rings is 1. The highest BCUT2D eigenvalue weighted by molar-refractivity contribution is 7.07. The lowest BCUT2D eigenvalue weighted by molar-refractivity contribution is 0.00415. The molecule has 2 nitrogen and oxygen atoms in total. The maximum Gasteiger partial charge on any atom is 0.0332 e. The fraction of sp³-hybridized carbons (Fsp3) is 0.750. The fourth-order valence-electron chi connectivity index (χ4n) is 3.81. The standard InChI is InChI=1S/C16H26N2S/c1-12(2)16-10-17-7-4-5-15(17)9-18(16)13(3)14-6-8-19-11-14/h6,8,11-13,15-16H,4-5,7,9-10H2,1-3H3. The number of hydrogen-bond acceptors (Lipinski definition) is 3. The highest BCUT2D eigenvalue weighted by atomic mass is 32.1. The van der Waals surface area contributed by atoms with Crippen molar-refractivity contribution in [3.63, 3.8) is 0 Å². The minimum absolute atomic E-state index is 0.571. The molecule has 3 rings (SSSR count). The van der Waals surface area contributed by atoms with Gasteiger partial charge in [0.25, 0.3) is 0 Å². The average molecular weight is 278 g/mol. The van der Waals surface area contributed by atoms with Gasteiger partial charge < -0.3 is 0 Å². The molecule has 0 saturated carbocycles. The van der Waals surface area contributed by atoms with Crippen LogP contribution in [0.5, 0.6) is 0 Å². The highest BCUT2D eigenvalue weighted by Gasteiger charge is 2.39. The van der Waals surface area contributed by atoms with E-state index < -0.39 is 0 Å². The van der Waals surface area contributed by atoms with Gasteiger partial charge in [0.05, 0.1) is 0 Å². The Morgan fingerprint density at radius 2 is 2.11 bits per heavy atom. The second kappa shape index (κ2) is 5.55. The van der Waals surface area contributed by atoms with Gasteiger partial charge in [-0.15, -0.1) is 0 Å². The molecular formula is C16H26N2S. The van der Waals surface area contributed by atoms with Crippen molar-refractivity contribution in [3.05, 3.63) is 22.4 Å². The zero-order valence-electron chi connectivity index (χ0n) is 12.4. The first-order valence-corrected chi connectivity index (χ1v) is 8.63. The summed E-state index contributed by atoms with van der Waals surface area (Å²) in [6.45, 7) is 11.0. The summed E-state index contributed by atoms with van der Waals surface area (Å²) < 4.78 is 0. The summed E-state index contributed by atoms with van der Waals surface area (Å²) in [5.41, 5.74) is 1.50. The molecule has 0 radical (unpaired) electrons. The smallest absolute Gasteiger partial charge is 0.0332 e. The summed E-state index contributed by atoms with van der Waals surface area (Å²) in [6.07, 6.45) is 2.80. The SMILES string of the molecule is CC(C)C1CN2CCCC2CN1C(C)c1ccsc1. The van der Waals surface area contributed by atoms with Crippen LogP contribution in [-0.4, -0.2) is 41.5 Å². The predicted octanol–water partition coefficient (Wildman–Crippen LogP) is 3.61. The lowest BCUT2D eigenvalue weighted by atomic mass is 9.94. The van der Waals surface area contributed by atoms with Crippen molar-refractivity contribution in [2.75, 3.05) is 19.6 Å². The van der Waals surface area contributed by atoms with Crippen molar-refractivity contribution in [3.8, 4) is 0 Å². The number of nitrogens with zero attached hydrogens (tertiary/aromatic N) is 2. The van der Waals surface area contributed by atoms with Crippen LogP contribution >= 0.6 is 11.3 Å². The summed E-state index contributed by atoms with van der Waals surface area (Å²) in [7, 11) is 0. The zero-order valence-corrected chi connectivity index (χ0v) is 13.2. The Morgan fingerprint density at radius 1 is 1.26 bits per heavy atom. The van der Waals surface area contributed by atoms with Gasteiger partial charge in [-0.2, -0.15) is 11.3 Å². The molecule has 0 bridgehead atoms. The molecular weight excluding hydrogens is 252 g/mol. The van der Waals surface area contributed by atoms with Crippen LogP contribution in [0, 0.1) is 5.92 Å². The van der Waals surface area contributed by atoms with E-state index >= 15 is 0 Å². The van der Waals surface area contributed by atoms with Crippen LogP contribution in [0.25, 0.3) is 0 Å². The van der Waals surface area contributed by atoms with E-state index in [1.807, 2.05) is 11.3 Å². The molecule has 1 aromatic heterocycles. The van der Waals surface area contributed by atoms with E-state index in [1.165, 1.54) is 38.0 Å². The monoisotopic (exact) mass is 278 g/mol. The van der Waals surface area contributed by atoms with Gasteiger partial charge in [-0.25, -0.2) is 0 Å². The maximum atomic E-state index is 2.78. The lowest BCUT2D eigenvalue weighted by Crippen LogP contribution is -2.58. The average Bonchev–Trinajstić information content (AvgIpc) is 3.06. The lowest BCUT2D eigenvalue weighted by Gasteiger charge is -2.48. The molecule has 3 atom stereocenters.